The molecule has 2 atom stereocenters. The van der Waals surface area contributed by atoms with Crippen molar-refractivity contribution in [2.75, 3.05) is 6.54 Å². The molecule has 0 radical (unpaired) electrons. The normalized spacial score (nSPS) is 28.9. The fourth-order valence-electron chi connectivity index (χ4n) is 1.57. The van der Waals surface area contributed by atoms with E-state index in [-0.39, 0.29) is 17.5 Å². The molecule has 0 unspecified atom stereocenters. The van der Waals surface area contributed by atoms with Crippen LogP contribution in [0.1, 0.15) is 34.1 Å². The van der Waals surface area contributed by atoms with Crippen molar-refractivity contribution in [2.24, 2.45) is 5.92 Å². The summed E-state index contributed by atoms with van der Waals surface area (Å²) in [5.74, 6) is 0.757. The third kappa shape index (κ3) is 3.35. The summed E-state index contributed by atoms with van der Waals surface area (Å²) in [5.41, 5.74) is -0.120. The van der Waals surface area contributed by atoms with Crippen LogP contribution in [0, 0.1) is 5.92 Å². The Labute approximate surface area is 80.3 Å². The number of carbonyl (C=O) groups is 1. The molecule has 0 bridgehead atoms. The summed E-state index contributed by atoms with van der Waals surface area (Å²) in [7, 11) is 0. The van der Waals surface area contributed by atoms with Gasteiger partial charge in [-0.05, 0) is 39.7 Å². The molecule has 1 fully saturated rings. The smallest absolute Gasteiger partial charge is 0.237 e. The van der Waals surface area contributed by atoms with Crippen molar-refractivity contribution in [3.05, 3.63) is 0 Å². The quantitative estimate of drug-likeness (QED) is 0.635. The van der Waals surface area contributed by atoms with Crippen LogP contribution in [0.2, 0.25) is 0 Å². The van der Waals surface area contributed by atoms with Crippen LogP contribution in [-0.4, -0.2) is 24.0 Å². The molecule has 1 amide bonds. The molecule has 3 heteroatoms. The lowest BCUT2D eigenvalue weighted by molar-refractivity contribution is -0.124. The molecule has 0 aliphatic carbocycles. The number of rotatable bonds is 1. The molecule has 1 rings (SSSR count). The van der Waals surface area contributed by atoms with E-state index in [1.807, 2.05) is 20.8 Å². The van der Waals surface area contributed by atoms with Crippen LogP contribution >= 0.6 is 0 Å². The molecule has 1 aliphatic rings. The third-order valence-electron chi connectivity index (χ3n) is 2.17. The summed E-state index contributed by atoms with van der Waals surface area (Å²) in [6, 6.07) is 0.0224. The lowest BCUT2D eigenvalue weighted by Gasteiger charge is -2.23. The van der Waals surface area contributed by atoms with Gasteiger partial charge in [0.1, 0.15) is 0 Å². The van der Waals surface area contributed by atoms with Crippen LogP contribution in [0.4, 0.5) is 0 Å². The van der Waals surface area contributed by atoms with Crippen molar-refractivity contribution in [3.8, 4) is 0 Å². The van der Waals surface area contributed by atoms with E-state index in [1.165, 1.54) is 0 Å². The second-order valence-corrected chi connectivity index (χ2v) is 5.04. The molecule has 0 aromatic rings. The Kier molecular flexibility index (Phi) is 2.96. The van der Waals surface area contributed by atoms with Gasteiger partial charge < -0.3 is 10.6 Å². The molecule has 2 N–H and O–H groups in total. The van der Waals surface area contributed by atoms with Gasteiger partial charge in [-0.25, -0.2) is 0 Å². The molecule has 0 aromatic heterocycles. The first-order valence-electron chi connectivity index (χ1n) is 4.94. The molecule has 3 nitrogen and oxygen atoms in total. The summed E-state index contributed by atoms with van der Waals surface area (Å²) in [6.07, 6.45) is 0.960. The number of hydrogen-bond acceptors (Lipinski definition) is 2. The Morgan fingerprint density at radius 3 is 2.46 bits per heavy atom. The standard InChI is InChI=1S/C10H20N2O/c1-7-5-8(11-6-7)9(13)12-10(2,3)4/h7-8,11H,5-6H2,1-4H3,(H,12,13)/t7-,8+/m1/s1. The second kappa shape index (κ2) is 3.66. The summed E-state index contributed by atoms with van der Waals surface area (Å²) in [6.45, 7) is 9.13. The predicted octanol–water partition coefficient (Wildman–Crippen LogP) is 0.899. The lowest BCUT2D eigenvalue weighted by atomic mass is 10.1. The zero-order valence-corrected chi connectivity index (χ0v) is 8.98. The van der Waals surface area contributed by atoms with Crippen LogP contribution in [-0.2, 0) is 4.79 Å². The monoisotopic (exact) mass is 184 g/mol. The zero-order valence-electron chi connectivity index (χ0n) is 8.98. The SMILES string of the molecule is C[C@H]1CN[C@H](C(=O)NC(C)(C)C)C1. The number of nitrogens with one attached hydrogen (secondary N) is 2. The minimum Gasteiger partial charge on any atom is -0.350 e. The van der Waals surface area contributed by atoms with Crippen molar-refractivity contribution >= 4 is 5.91 Å². The van der Waals surface area contributed by atoms with Crippen molar-refractivity contribution < 1.29 is 4.79 Å². The largest absolute Gasteiger partial charge is 0.350 e. The van der Waals surface area contributed by atoms with E-state index < -0.39 is 0 Å². The van der Waals surface area contributed by atoms with Gasteiger partial charge in [0.15, 0.2) is 0 Å². The van der Waals surface area contributed by atoms with Crippen molar-refractivity contribution in [1.29, 1.82) is 0 Å². The lowest BCUT2D eigenvalue weighted by Crippen LogP contribution is -2.48. The Morgan fingerprint density at radius 2 is 2.08 bits per heavy atom. The van der Waals surface area contributed by atoms with Gasteiger partial charge in [0.25, 0.3) is 0 Å². The van der Waals surface area contributed by atoms with Crippen molar-refractivity contribution in [1.82, 2.24) is 10.6 Å². The third-order valence-corrected chi connectivity index (χ3v) is 2.17. The highest BCUT2D eigenvalue weighted by Gasteiger charge is 2.28. The Hall–Kier alpha value is -0.570. The van der Waals surface area contributed by atoms with Gasteiger partial charge in [-0.3, -0.25) is 4.79 Å². The van der Waals surface area contributed by atoms with E-state index in [0.29, 0.717) is 5.92 Å². The van der Waals surface area contributed by atoms with Crippen LogP contribution in [0.5, 0.6) is 0 Å². The Bertz CT molecular complexity index is 196. The summed E-state index contributed by atoms with van der Waals surface area (Å²) in [5, 5.41) is 6.20. The molecular formula is C10H20N2O. The zero-order chi connectivity index (χ0) is 10.1. The highest BCUT2D eigenvalue weighted by Crippen LogP contribution is 2.13. The maximum atomic E-state index is 11.6. The first-order chi connectivity index (χ1) is 5.88. The van der Waals surface area contributed by atoms with E-state index in [4.69, 9.17) is 0 Å². The van der Waals surface area contributed by atoms with Gasteiger partial charge in [-0.2, -0.15) is 0 Å². The maximum absolute atomic E-state index is 11.6. The van der Waals surface area contributed by atoms with E-state index in [9.17, 15) is 4.79 Å². The topological polar surface area (TPSA) is 41.1 Å². The maximum Gasteiger partial charge on any atom is 0.237 e. The predicted molar refractivity (Wildman–Crippen MR) is 53.5 cm³/mol. The van der Waals surface area contributed by atoms with Gasteiger partial charge in [-0.1, -0.05) is 6.92 Å². The van der Waals surface area contributed by atoms with Crippen LogP contribution in [0.3, 0.4) is 0 Å². The average Bonchev–Trinajstić information content (AvgIpc) is 2.31. The summed E-state index contributed by atoms with van der Waals surface area (Å²) in [4.78, 5) is 11.6. The number of carbonyl (C=O) groups excluding carboxylic acids is 1. The highest BCUT2D eigenvalue weighted by molar-refractivity contribution is 5.82. The summed E-state index contributed by atoms with van der Waals surface area (Å²) >= 11 is 0. The van der Waals surface area contributed by atoms with Crippen LogP contribution in [0.15, 0.2) is 0 Å². The average molecular weight is 184 g/mol. The molecule has 1 heterocycles. The highest BCUT2D eigenvalue weighted by atomic mass is 16.2. The number of amides is 1. The molecule has 1 aliphatic heterocycles. The molecule has 0 saturated carbocycles. The number of hydrogen-bond donors (Lipinski definition) is 2. The fourth-order valence-corrected chi connectivity index (χ4v) is 1.57. The minimum absolute atomic E-state index is 0.0224. The first kappa shape index (κ1) is 10.5. The molecule has 1 saturated heterocycles. The molecule has 0 aromatic carbocycles. The van der Waals surface area contributed by atoms with Gasteiger partial charge in [0, 0.05) is 5.54 Å². The second-order valence-electron chi connectivity index (χ2n) is 5.04. The van der Waals surface area contributed by atoms with Gasteiger partial charge in [0.2, 0.25) is 5.91 Å². The molecule has 13 heavy (non-hydrogen) atoms. The van der Waals surface area contributed by atoms with Crippen LogP contribution in [0.25, 0.3) is 0 Å². The Morgan fingerprint density at radius 1 is 1.46 bits per heavy atom. The van der Waals surface area contributed by atoms with Gasteiger partial charge >= 0.3 is 0 Å². The summed E-state index contributed by atoms with van der Waals surface area (Å²) < 4.78 is 0. The first-order valence-corrected chi connectivity index (χ1v) is 4.94. The Balaban J connectivity index is 2.41. The molecule has 0 spiro atoms. The fraction of sp³-hybridized carbons (Fsp3) is 0.900. The van der Waals surface area contributed by atoms with Gasteiger partial charge in [-0.15, -0.1) is 0 Å². The van der Waals surface area contributed by atoms with Crippen LogP contribution < -0.4 is 10.6 Å². The van der Waals surface area contributed by atoms with E-state index in [2.05, 4.69) is 17.6 Å². The van der Waals surface area contributed by atoms with E-state index >= 15 is 0 Å². The minimum atomic E-state index is -0.120. The van der Waals surface area contributed by atoms with Gasteiger partial charge in [0.05, 0.1) is 6.04 Å². The van der Waals surface area contributed by atoms with E-state index in [1.54, 1.807) is 0 Å². The molecular weight excluding hydrogens is 164 g/mol. The van der Waals surface area contributed by atoms with E-state index in [0.717, 1.165) is 13.0 Å². The van der Waals surface area contributed by atoms with Crippen molar-refractivity contribution in [3.63, 3.8) is 0 Å². The van der Waals surface area contributed by atoms with Crippen molar-refractivity contribution in [2.45, 2.75) is 45.7 Å². The molecule has 76 valence electrons.